The lowest BCUT2D eigenvalue weighted by Crippen LogP contribution is -2.21. The molecule has 0 atom stereocenters. The molecule has 166 valence electrons. The third-order valence-electron chi connectivity index (χ3n) is 5.34. The maximum Gasteiger partial charge on any atom is 0.261 e. The number of amides is 1. The molecule has 2 aromatic carbocycles. The van der Waals surface area contributed by atoms with E-state index in [1.807, 2.05) is 72.1 Å². The Morgan fingerprint density at radius 3 is 2.53 bits per heavy atom. The Hall–Kier alpha value is -3.62. The van der Waals surface area contributed by atoms with Crippen molar-refractivity contribution in [3.05, 3.63) is 99.3 Å². The number of aromatic nitrogens is 3. The normalized spacial score (nSPS) is 11.0. The molecule has 2 N–H and O–H groups in total. The maximum absolute atomic E-state index is 12.1. The topological polar surface area (TPSA) is 71.3 Å². The van der Waals surface area contributed by atoms with Crippen molar-refractivity contribution in [2.45, 2.75) is 13.1 Å². The summed E-state index contributed by atoms with van der Waals surface area (Å²) in [5.74, 6) is 0.694. The number of nitrogens with zero attached hydrogens (tertiary/aromatic N) is 3. The first-order valence-electron chi connectivity index (χ1n) is 10.6. The van der Waals surface area contributed by atoms with Crippen molar-refractivity contribution in [1.82, 2.24) is 19.9 Å². The van der Waals surface area contributed by atoms with Gasteiger partial charge < -0.3 is 10.6 Å². The SMILES string of the molecule is [B]c1cnn2c(NCc3ccc(CNC(=O)c4cccs4)cc3)cc(-c3ccccc3Cl)nc12. The Kier molecular flexibility index (Phi) is 6.34. The highest BCUT2D eigenvalue weighted by molar-refractivity contribution is 7.12. The van der Waals surface area contributed by atoms with E-state index in [0.717, 1.165) is 22.5 Å². The van der Waals surface area contributed by atoms with Gasteiger partial charge in [-0.05, 0) is 34.1 Å². The third kappa shape index (κ3) is 4.69. The molecule has 6 nitrogen and oxygen atoms in total. The fraction of sp³-hybridized carbons (Fsp3) is 0.0800. The monoisotopic (exact) mass is 483 g/mol. The molecule has 0 unspecified atom stereocenters. The smallest absolute Gasteiger partial charge is 0.261 e. The number of halogens is 1. The highest BCUT2D eigenvalue weighted by atomic mass is 35.5. The number of fused-ring (bicyclic) bond motifs is 1. The van der Waals surface area contributed by atoms with Crippen LogP contribution in [0.15, 0.2) is 78.3 Å². The molecule has 1 amide bonds. The van der Waals surface area contributed by atoms with Gasteiger partial charge in [0.05, 0.1) is 10.6 Å². The second-order valence-corrected chi connectivity index (χ2v) is 9.03. The Morgan fingerprint density at radius 1 is 1.03 bits per heavy atom. The average molecular weight is 484 g/mol. The van der Waals surface area contributed by atoms with Crippen molar-refractivity contribution in [2.24, 2.45) is 0 Å². The second kappa shape index (κ2) is 9.71. The van der Waals surface area contributed by atoms with Crippen LogP contribution in [0.1, 0.15) is 20.8 Å². The van der Waals surface area contributed by atoms with E-state index >= 15 is 0 Å². The van der Waals surface area contributed by atoms with E-state index in [1.165, 1.54) is 11.3 Å². The first kappa shape index (κ1) is 22.2. The highest BCUT2D eigenvalue weighted by Gasteiger charge is 2.12. The summed E-state index contributed by atoms with van der Waals surface area (Å²) in [6.45, 7) is 1.05. The van der Waals surface area contributed by atoms with Gasteiger partial charge in [-0.15, -0.1) is 11.3 Å². The van der Waals surface area contributed by atoms with E-state index in [-0.39, 0.29) is 5.91 Å². The van der Waals surface area contributed by atoms with Crippen LogP contribution < -0.4 is 16.1 Å². The Labute approximate surface area is 207 Å². The Balaban J connectivity index is 1.31. The van der Waals surface area contributed by atoms with Crippen LogP contribution in [0.2, 0.25) is 5.02 Å². The molecule has 0 spiro atoms. The average Bonchev–Trinajstić information content (AvgIpc) is 3.53. The van der Waals surface area contributed by atoms with Crippen LogP contribution in [0.3, 0.4) is 0 Å². The van der Waals surface area contributed by atoms with Gasteiger partial charge in [-0.25, -0.2) is 4.98 Å². The molecule has 0 aliphatic rings. The van der Waals surface area contributed by atoms with Crippen molar-refractivity contribution in [1.29, 1.82) is 0 Å². The molecule has 0 fully saturated rings. The van der Waals surface area contributed by atoms with Gasteiger partial charge in [-0.1, -0.05) is 60.1 Å². The van der Waals surface area contributed by atoms with Crippen LogP contribution in [0.5, 0.6) is 0 Å². The summed E-state index contributed by atoms with van der Waals surface area (Å²) < 4.78 is 1.68. The van der Waals surface area contributed by atoms with E-state index in [1.54, 1.807) is 10.7 Å². The maximum atomic E-state index is 12.1. The van der Waals surface area contributed by atoms with Crippen molar-refractivity contribution < 1.29 is 4.79 Å². The van der Waals surface area contributed by atoms with Crippen LogP contribution in [0.4, 0.5) is 5.82 Å². The van der Waals surface area contributed by atoms with Crippen molar-refractivity contribution in [2.75, 3.05) is 5.32 Å². The molecule has 5 aromatic rings. The van der Waals surface area contributed by atoms with Crippen LogP contribution in [-0.4, -0.2) is 28.4 Å². The van der Waals surface area contributed by atoms with E-state index < -0.39 is 0 Å². The summed E-state index contributed by atoms with van der Waals surface area (Å²) >= 11 is 7.83. The number of carbonyl (C=O) groups is 1. The number of thiophene rings is 1. The molecule has 0 saturated carbocycles. The zero-order valence-electron chi connectivity index (χ0n) is 18.0. The molecule has 0 bridgehead atoms. The zero-order valence-corrected chi connectivity index (χ0v) is 19.6. The minimum Gasteiger partial charge on any atom is -0.366 e. The quantitative estimate of drug-likeness (QED) is 0.336. The third-order valence-corrected chi connectivity index (χ3v) is 6.54. The van der Waals surface area contributed by atoms with E-state index in [0.29, 0.717) is 39.8 Å². The number of hydrogen-bond acceptors (Lipinski definition) is 5. The highest BCUT2D eigenvalue weighted by Crippen LogP contribution is 2.28. The van der Waals surface area contributed by atoms with E-state index in [4.69, 9.17) is 19.4 Å². The summed E-state index contributed by atoms with van der Waals surface area (Å²) in [6, 6.07) is 21.2. The first-order chi connectivity index (χ1) is 16.6. The molecular formula is C25H19BClN5OS. The molecule has 0 aliphatic heterocycles. The summed E-state index contributed by atoms with van der Waals surface area (Å²) in [5.41, 5.74) is 4.70. The molecule has 2 radical (unpaired) electrons. The molecule has 9 heteroatoms. The molecule has 5 rings (SSSR count). The van der Waals surface area contributed by atoms with Gasteiger partial charge >= 0.3 is 0 Å². The van der Waals surface area contributed by atoms with E-state index in [9.17, 15) is 4.79 Å². The molecule has 0 aliphatic carbocycles. The number of hydrogen-bond donors (Lipinski definition) is 2. The fourth-order valence-corrected chi connectivity index (χ4v) is 4.43. The molecule has 0 saturated heterocycles. The summed E-state index contributed by atoms with van der Waals surface area (Å²) in [7, 11) is 6.10. The molecule has 3 heterocycles. The molecular weight excluding hydrogens is 465 g/mol. The van der Waals surface area contributed by atoms with Crippen molar-refractivity contribution in [3.8, 4) is 11.3 Å². The lowest BCUT2D eigenvalue weighted by Gasteiger charge is -2.12. The van der Waals surface area contributed by atoms with Crippen molar-refractivity contribution >= 4 is 53.6 Å². The van der Waals surface area contributed by atoms with Crippen LogP contribution >= 0.6 is 22.9 Å². The largest absolute Gasteiger partial charge is 0.366 e. The minimum atomic E-state index is -0.0599. The van der Waals surface area contributed by atoms with Crippen LogP contribution in [-0.2, 0) is 13.1 Å². The van der Waals surface area contributed by atoms with Crippen LogP contribution in [0, 0.1) is 0 Å². The summed E-state index contributed by atoms with van der Waals surface area (Å²) in [6.07, 6.45) is 1.59. The van der Waals surface area contributed by atoms with Gasteiger partial charge in [0.1, 0.15) is 13.7 Å². The number of carbonyl (C=O) groups excluding carboxylic acids is 1. The van der Waals surface area contributed by atoms with E-state index in [2.05, 4.69) is 20.7 Å². The summed E-state index contributed by atoms with van der Waals surface area (Å²) in [4.78, 5) is 17.5. The summed E-state index contributed by atoms with van der Waals surface area (Å²) in [5, 5.41) is 13.2. The zero-order chi connectivity index (χ0) is 23.5. The van der Waals surface area contributed by atoms with Gasteiger partial charge in [-0.3, -0.25) is 4.79 Å². The van der Waals surface area contributed by atoms with Gasteiger partial charge in [0.25, 0.3) is 5.91 Å². The standard InChI is InChI=1S/C25H19BClN5OS/c26-19-15-30-32-23(12-21(31-24(19)32)18-4-1-2-5-20(18)27)28-13-16-7-9-17(10-8-16)14-29-25(33)22-6-3-11-34-22/h1-12,15,28H,13-14H2,(H,29,33). The predicted molar refractivity (Wildman–Crippen MR) is 138 cm³/mol. The lowest BCUT2D eigenvalue weighted by molar-refractivity contribution is 0.0955. The lowest BCUT2D eigenvalue weighted by atomic mass is 10.0. The number of benzene rings is 2. The van der Waals surface area contributed by atoms with Gasteiger partial charge in [0.2, 0.25) is 0 Å². The number of nitrogens with one attached hydrogen (secondary N) is 2. The minimum absolute atomic E-state index is 0.0599. The van der Waals surface area contributed by atoms with Crippen molar-refractivity contribution in [3.63, 3.8) is 0 Å². The van der Waals surface area contributed by atoms with Gasteiger partial charge in [-0.2, -0.15) is 9.61 Å². The Bertz CT molecular complexity index is 1450. The molecule has 3 aromatic heterocycles. The van der Waals surface area contributed by atoms with Crippen LogP contribution in [0.25, 0.3) is 16.9 Å². The Morgan fingerprint density at radius 2 is 1.79 bits per heavy atom. The number of anilines is 1. The molecule has 34 heavy (non-hydrogen) atoms. The predicted octanol–water partition coefficient (Wildman–Crippen LogP) is 4.45. The first-order valence-corrected chi connectivity index (χ1v) is 11.9. The second-order valence-electron chi connectivity index (χ2n) is 7.67. The number of rotatable bonds is 7. The van der Waals surface area contributed by atoms with Gasteiger partial charge in [0, 0.05) is 35.9 Å². The van der Waals surface area contributed by atoms with Gasteiger partial charge in [0.15, 0.2) is 5.65 Å². The fourth-order valence-electron chi connectivity index (χ4n) is 3.56.